The molecule has 0 spiro atoms. The van der Waals surface area contributed by atoms with Crippen molar-refractivity contribution in [3.05, 3.63) is 64.7 Å². The highest BCUT2D eigenvalue weighted by atomic mass is 19.4. The number of hydrogen-bond donors (Lipinski definition) is 2. The standard InChI is InChI=1S/C20H18F6N2O2/c21-19(22,23)18(30,20(24,25)26)15-6-3-12(4-7-15)11-28-9-1-2-13-10-14(17(27)29)5-8-16(13)28/h3-8,10,30H,1-2,9,11H2,(H2,27,29). The van der Waals surface area contributed by atoms with E-state index < -0.39 is 29.4 Å². The zero-order valence-electron chi connectivity index (χ0n) is 15.5. The first-order valence-electron chi connectivity index (χ1n) is 8.97. The molecule has 162 valence electrons. The van der Waals surface area contributed by atoms with Crippen molar-refractivity contribution in [1.29, 1.82) is 0 Å². The third-order valence-corrected chi connectivity index (χ3v) is 5.14. The molecule has 10 heteroatoms. The SMILES string of the molecule is NC(=O)c1ccc2c(c1)CCCN2Cc1ccc(C(O)(C(F)(F)F)C(F)(F)F)cc1. The Morgan fingerprint density at radius 3 is 2.13 bits per heavy atom. The van der Waals surface area contributed by atoms with Crippen LogP contribution in [0.4, 0.5) is 32.0 Å². The molecule has 4 nitrogen and oxygen atoms in total. The molecule has 3 rings (SSSR count). The number of rotatable bonds is 4. The summed E-state index contributed by atoms with van der Waals surface area (Å²) >= 11 is 0. The Labute approximate surface area is 167 Å². The number of anilines is 1. The highest BCUT2D eigenvalue weighted by Crippen LogP contribution is 2.50. The fourth-order valence-electron chi connectivity index (χ4n) is 3.55. The third-order valence-electron chi connectivity index (χ3n) is 5.14. The lowest BCUT2D eigenvalue weighted by Crippen LogP contribution is -2.53. The smallest absolute Gasteiger partial charge is 0.369 e. The Kier molecular flexibility index (Phi) is 5.48. The number of nitrogens with zero attached hydrogens (tertiary/aromatic N) is 1. The fraction of sp³-hybridized carbons (Fsp3) is 0.350. The molecule has 1 aliphatic heterocycles. The van der Waals surface area contributed by atoms with Gasteiger partial charge in [0.2, 0.25) is 5.91 Å². The highest BCUT2D eigenvalue weighted by Gasteiger charge is 2.71. The fourth-order valence-corrected chi connectivity index (χ4v) is 3.55. The number of aliphatic hydroxyl groups is 1. The number of primary amides is 1. The van der Waals surface area contributed by atoms with Crippen molar-refractivity contribution in [3.63, 3.8) is 0 Å². The summed E-state index contributed by atoms with van der Waals surface area (Å²) in [5, 5.41) is 9.47. The van der Waals surface area contributed by atoms with Gasteiger partial charge in [0.05, 0.1) is 0 Å². The van der Waals surface area contributed by atoms with Crippen molar-refractivity contribution in [3.8, 4) is 0 Å². The lowest BCUT2D eigenvalue weighted by molar-refractivity contribution is -0.376. The summed E-state index contributed by atoms with van der Waals surface area (Å²) in [7, 11) is 0. The number of amides is 1. The molecule has 1 amide bonds. The van der Waals surface area contributed by atoms with E-state index in [0.29, 0.717) is 29.8 Å². The summed E-state index contributed by atoms with van der Waals surface area (Å²) in [5.41, 5.74) is 1.58. The Balaban J connectivity index is 1.86. The number of aryl methyl sites for hydroxylation is 1. The first-order chi connectivity index (χ1) is 13.8. The lowest BCUT2D eigenvalue weighted by atomic mass is 9.91. The lowest BCUT2D eigenvalue weighted by Gasteiger charge is -2.33. The number of nitrogens with two attached hydrogens (primary N) is 1. The Morgan fingerprint density at radius 1 is 1.00 bits per heavy atom. The van der Waals surface area contributed by atoms with Gasteiger partial charge in [0, 0.05) is 29.9 Å². The number of hydrogen-bond acceptors (Lipinski definition) is 3. The van der Waals surface area contributed by atoms with Crippen LogP contribution in [0, 0.1) is 0 Å². The molecule has 0 aliphatic carbocycles. The molecule has 0 saturated heterocycles. The van der Waals surface area contributed by atoms with Crippen molar-refractivity contribution in [2.75, 3.05) is 11.4 Å². The largest absolute Gasteiger partial charge is 0.430 e. The van der Waals surface area contributed by atoms with Crippen LogP contribution in [0.3, 0.4) is 0 Å². The van der Waals surface area contributed by atoms with E-state index in [4.69, 9.17) is 5.73 Å². The molecule has 30 heavy (non-hydrogen) atoms. The van der Waals surface area contributed by atoms with E-state index in [1.807, 2.05) is 4.90 Å². The molecular weight excluding hydrogens is 414 g/mol. The third kappa shape index (κ3) is 3.83. The Bertz CT molecular complexity index is 924. The van der Waals surface area contributed by atoms with Gasteiger partial charge in [0.25, 0.3) is 5.60 Å². The van der Waals surface area contributed by atoms with E-state index in [9.17, 15) is 36.2 Å². The van der Waals surface area contributed by atoms with Gasteiger partial charge in [-0.1, -0.05) is 24.3 Å². The van der Waals surface area contributed by atoms with Crippen LogP contribution in [0.5, 0.6) is 0 Å². The summed E-state index contributed by atoms with van der Waals surface area (Å²) in [5.74, 6) is -0.563. The molecule has 3 N–H and O–H groups in total. The van der Waals surface area contributed by atoms with Crippen molar-refractivity contribution in [2.24, 2.45) is 5.73 Å². The predicted molar refractivity (Wildman–Crippen MR) is 96.8 cm³/mol. The molecule has 1 heterocycles. The van der Waals surface area contributed by atoms with Gasteiger partial charge >= 0.3 is 12.4 Å². The van der Waals surface area contributed by atoms with Crippen LogP contribution in [-0.2, 0) is 18.6 Å². The van der Waals surface area contributed by atoms with Gasteiger partial charge in [-0.25, -0.2) is 0 Å². The number of halogens is 6. The van der Waals surface area contributed by atoms with Crippen LogP contribution in [0.15, 0.2) is 42.5 Å². The average Bonchev–Trinajstić information content (AvgIpc) is 2.66. The minimum Gasteiger partial charge on any atom is -0.369 e. The highest BCUT2D eigenvalue weighted by molar-refractivity contribution is 5.93. The van der Waals surface area contributed by atoms with Gasteiger partial charge in [-0.2, -0.15) is 26.3 Å². The van der Waals surface area contributed by atoms with Crippen LogP contribution >= 0.6 is 0 Å². The second kappa shape index (κ2) is 7.50. The topological polar surface area (TPSA) is 66.6 Å². The van der Waals surface area contributed by atoms with Crippen molar-refractivity contribution in [1.82, 2.24) is 0 Å². The van der Waals surface area contributed by atoms with Crippen LogP contribution in [0.1, 0.15) is 33.5 Å². The second-order valence-electron chi connectivity index (χ2n) is 7.14. The monoisotopic (exact) mass is 432 g/mol. The number of alkyl halides is 6. The second-order valence-corrected chi connectivity index (χ2v) is 7.14. The van der Waals surface area contributed by atoms with Gasteiger partial charge in [0.15, 0.2) is 0 Å². The predicted octanol–water partition coefficient (Wildman–Crippen LogP) is 4.05. The minimum absolute atomic E-state index is 0.236. The average molecular weight is 432 g/mol. The van der Waals surface area contributed by atoms with E-state index in [1.165, 1.54) is 0 Å². The zero-order valence-corrected chi connectivity index (χ0v) is 15.5. The quantitative estimate of drug-likeness (QED) is 0.717. The van der Waals surface area contributed by atoms with Gasteiger partial charge in [-0.15, -0.1) is 0 Å². The molecule has 0 fully saturated rings. The summed E-state index contributed by atoms with van der Waals surface area (Å²) < 4.78 is 78.0. The normalized spacial score (nSPS) is 15.1. The first kappa shape index (κ1) is 21.9. The van der Waals surface area contributed by atoms with Crippen molar-refractivity contribution < 1.29 is 36.2 Å². The van der Waals surface area contributed by atoms with Crippen LogP contribution in [0.25, 0.3) is 0 Å². The first-order valence-corrected chi connectivity index (χ1v) is 8.97. The molecular formula is C20H18F6N2O2. The molecule has 0 saturated carbocycles. The molecule has 0 radical (unpaired) electrons. The number of benzene rings is 2. The van der Waals surface area contributed by atoms with Crippen LogP contribution < -0.4 is 10.6 Å². The van der Waals surface area contributed by atoms with Crippen molar-refractivity contribution in [2.45, 2.75) is 37.3 Å². The number of carbonyl (C=O) groups excluding carboxylic acids is 1. The molecule has 2 aromatic carbocycles. The maximum Gasteiger partial charge on any atom is 0.430 e. The summed E-state index contributed by atoms with van der Waals surface area (Å²) in [6, 6.07) is 8.49. The summed E-state index contributed by atoms with van der Waals surface area (Å²) in [6.07, 6.45) is -10.4. The molecule has 0 aromatic heterocycles. The van der Waals surface area contributed by atoms with E-state index in [-0.39, 0.29) is 6.54 Å². The number of carbonyl (C=O) groups is 1. The van der Waals surface area contributed by atoms with Gasteiger partial charge in [-0.3, -0.25) is 4.79 Å². The van der Waals surface area contributed by atoms with Crippen LogP contribution in [0.2, 0.25) is 0 Å². The minimum atomic E-state index is -5.92. The van der Waals surface area contributed by atoms with E-state index in [1.54, 1.807) is 18.2 Å². The maximum atomic E-state index is 13.0. The van der Waals surface area contributed by atoms with Crippen LogP contribution in [-0.4, -0.2) is 29.9 Å². The van der Waals surface area contributed by atoms with Gasteiger partial charge in [0.1, 0.15) is 0 Å². The Morgan fingerprint density at radius 2 is 1.60 bits per heavy atom. The zero-order chi connectivity index (χ0) is 22.3. The van der Waals surface area contributed by atoms with Crippen molar-refractivity contribution >= 4 is 11.6 Å². The molecule has 1 aliphatic rings. The number of fused-ring (bicyclic) bond motifs is 1. The summed E-state index contributed by atoms with van der Waals surface area (Å²) in [6.45, 7) is 0.860. The molecule has 0 atom stereocenters. The molecule has 0 unspecified atom stereocenters. The molecule has 2 aromatic rings. The van der Waals surface area contributed by atoms with E-state index in [2.05, 4.69) is 0 Å². The van der Waals surface area contributed by atoms with E-state index in [0.717, 1.165) is 36.2 Å². The summed E-state index contributed by atoms with van der Waals surface area (Å²) in [4.78, 5) is 13.3. The maximum absolute atomic E-state index is 13.0. The Hall–Kier alpha value is -2.75. The van der Waals surface area contributed by atoms with Gasteiger partial charge < -0.3 is 15.7 Å². The molecule has 0 bridgehead atoms. The van der Waals surface area contributed by atoms with Gasteiger partial charge in [-0.05, 0) is 42.2 Å². The van der Waals surface area contributed by atoms with E-state index >= 15 is 0 Å².